The molecule has 780 valence electrons. The minimum atomic E-state index is -3.80. The number of hydrogen-bond donors (Lipinski definition) is 0. The van der Waals surface area contributed by atoms with Gasteiger partial charge in [0.05, 0.1) is 0 Å². The van der Waals surface area contributed by atoms with E-state index >= 15 is 0 Å². The van der Waals surface area contributed by atoms with E-state index in [0.717, 1.165) is 329 Å². The second kappa shape index (κ2) is 58.5. The van der Waals surface area contributed by atoms with Gasteiger partial charge in [0.2, 0.25) is 18.1 Å². The van der Waals surface area contributed by atoms with Gasteiger partial charge in [-0.2, -0.15) is 0 Å². The largest absolute Gasteiger partial charge is 0.488 e. The van der Waals surface area contributed by atoms with Gasteiger partial charge in [0.1, 0.15) is 90.2 Å². The maximum atomic E-state index is 9.67. The maximum Gasteiger partial charge on any atom is 0.236 e. The first kappa shape index (κ1) is 122. The molecule has 0 spiro atoms. The number of unbranched alkanes of at least 4 members (excludes halogenated alkanes) is 24. The summed E-state index contributed by atoms with van der Waals surface area (Å²) in [5.74, 6) is 7.79. The van der Waals surface area contributed by atoms with Crippen molar-refractivity contribution in [3.05, 3.63) is 48.5 Å². The summed E-state index contributed by atoms with van der Waals surface area (Å²) in [5.41, 5.74) is -7.94. The first-order valence-corrected chi connectivity index (χ1v) is 59.1. The van der Waals surface area contributed by atoms with Gasteiger partial charge >= 0.3 is 0 Å². The summed E-state index contributed by atoms with van der Waals surface area (Å²) < 4.78 is 105. The predicted octanol–water partition coefficient (Wildman–Crippen LogP) is 34.9. The molecule has 0 aliphatic heterocycles. The first-order chi connectivity index (χ1) is 63.2. The van der Waals surface area contributed by atoms with E-state index < -0.39 is 85.3 Å². The molecule has 15 heteroatoms. The van der Waals surface area contributed by atoms with E-state index in [1.54, 1.807) is 0 Å². The molecule has 0 atom stereocenters. The molecule has 0 aliphatic rings. The Kier molecular flexibility index (Phi) is 52.9. The lowest BCUT2D eigenvalue weighted by molar-refractivity contribution is 0.0630. The topological polar surface area (TPSA) is 120 Å². The van der Waals surface area contributed by atoms with Crippen molar-refractivity contribution in [2.75, 3.05) is 0 Å². The van der Waals surface area contributed by atoms with Crippen LogP contribution in [-0.2, 0) is 4.12 Å². The zero-order valence-corrected chi connectivity index (χ0v) is 97.3. The van der Waals surface area contributed by atoms with Crippen molar-refractivity contribution in [1.82, 2.24) is 0 Å². The third kappa shape index (κ3) is 46.7. The Labute approximate surface area is 836 Å². The van der Waals surface area contributed by atoms with E-state index in [1.165, 1.54) is 0 Å². The van der Waals surface area contributed by atoms with Gasteiger partial charge in [0, 0.05) is 45.0 Å². The van der Waals surface area contributed by atoms with Gasteiger partial charge in [0.15, 0.2) is 46.0 Å². The summed E-state index contributed by atoms with van der Waals surface area (Å²) in [5, 5.41) is 3.49. The van der Waals surface area contributed by atoms with Crippen LogP contribution in [-0.4, -0.2) is 85.3 Å². The minimum Gasteiger partial charge on any atom is -0.488 e. The van der Waals surface area contributed by atoms with Crippen molar-refractivity contribution in [2.24, 2.45) is 0 Å². The quantitative estimate of drug-likeness (QED) is 0.0308. The SMILES string of the molecule is CCCCCC(C)(C)Oc1cc(OC(C)(C)CCCCC)c([SiH](O[SiH](c2cc(OC(C)(C)CCCCC)c(OC(C)(C)CCCCC)cc2OC(C)(C)CCCCC)c2cc(OC(C)(C)CCCCC)c(OC(C)(C)CCCCC)cc2OC(C)(C)CCCCC)c2cc(OC(C)(C)CCCCC)c(OC(C)(C)CCCCC)cc2OC(C)(C)CCCCC)cc1OC(C)(C)CCCCC. The molecule has 0 radical (unpaired) electrons. The molecule has 0 fully saturated rings. The molecule has 4 aromatic rings. The van der Waals surface area contributed by atoms with Crippen LogP contribution < -0.4 is 77.6 Å². The zero-order valence-electron chi connectivity index (χ0n) is 95.0. The van der Waals surface area contributed by atoms with Crippen molar-refractivity contribution >= 4 is 38.8 Å². The zero-order chi connectivity index (χ0) is 101. The third-order valence-corrected chi connectivity index (χ3v) is 33.2. The average Bonchev–Trinajstić information content (AvgIpc) is 0.743. The third-order valence-electron chi connectivity index (χ3n) is 26.9. The van der Waals surface area contributed by atoms with Crippen LogP contribution in [0.1, 0.15) is 557 Å². The molecule has 135 heavy (non-hydrogen) atoms. The van der Waals surface area contributed by atoms with Gasteiger partial charge in [-0.05, 0) is 345 Å². The average molecular weight is 1920 g/mol. The standard InChI is InChI=1S/C120H214O13Si2/c1-37-49-61-73-109(13,14)121-93-85-101(129-117(29,30)81-69-57-45-9)105(89-97(93)125-113(21,22)77-65-53-41-5)134(106-90-98(126-114(23,24)78-66-54-42-6)94(122-110(15,16)74-62-50-38-2)86-102(106)130-118(31,32)82-70-58-46-10)133-135(107-91-99(127-115(25,26)79-67-55-43-7)95(123-111(17,18)75-63-51-39-3)87-103(107)131-119(33,34)83-71-59-47-11)108-92-100(128-116(27,28)80-68-56-44-8)96(124-112(19,20)76-64-52-40-4)88-104(108)132-120(35,36)84-72-60-48-12/h85-92,134-135H,37-84H2,1-36H3. The summed E-state index contributed by atoms with van der Waals surface area (Å²) in [6.45, 7) is 81.8. The van der Waals surface area contributed by atoms with Crippen LogP contribution in [0.5, 0.6) is 69.0 Å². The van der Waals surface area contributed by atoms with Gasteiger partial charge < -0.3 is 61.0 Å². The summed E-state index contributed by atoms with van der Waals surface area (Å²) in [6.07, 6.45) is 47.7. The molecular formula is C120H214O13Si2. The second-order valence-corrected chi connectivity index (χ2v) is 53.2. The Bertz CT molecular complexity index is 3440. The highest BCUT2D eigenvalue weighted by atomic mass is 28.4. The Morgan fingerprint density at radius 1 is 0.141 bits per heavy atom. The fraction of sp³-hybridized carbons (Fsp3) is 0.800. The molecule has 4 rings (SSSR count). The first-order valence-electron chi connectivity index (χ1n) is 55.9. The highest BCUT2D eigenvalue weighted by Crippen LogP contribution is 2.47. The number of ether oxygens (including phenoxy) is 12. The van der Waals surface area contributed by atoms with Crippen LogP contribution in [0.3, 0.4) is 0 Å². The van der Waals surface area contributed by atoms with Crippen molar-refractivity contribution in [2.45, 2.75) is 625 Å². The normalized spacial score (nSPS) is 13.1. The number of benzene rings is 4. The van der Waals surface area contributed by atoms with Crippen LogP contribution >= 0.6 is 0 Å². The minimum absolute atomic E-state index is 0.613. The molecule has 0 N–H and O–H groups in total. The monoisotopic (exact) mass is 1920 g/mol. The summed E-state index contributed by atoms with van der Waals surface area (Å²) >= 11 is 0. The van der Waals surface area contributed by atoms with Crippen molar-refractivity contribution in [3.8, 4) is 69.0 Å². The second-order valence-electron chi connectivity index (χ2n) is 48.1. The Morgan fingerprint density at radius 3 is 0.341 bits per heavy atom. The fourth-order valence-electron chi connectivity index (χ4n) is 18.6. The smallest absolute Gasteiger partial charge is 0.236 e. The summed E-state index contributed by atoms with van der Waals surface area (Å²) in [4.78, 5) is 0. The van der Waals surface area contributed by atoms with Gasteiger partial charge in [-0.15, -0.1) is 0 Å². The lowest BCUT2D eigenvalue weighted by Crippen LogP contribution is -2.58. The van der Waals surface area contributed by atoms with E-state index in [-0.39, 0.29) is 0 Å². The van der Waals surface area contributed by atoms with Crippen LogP contribution in [0.4, 0.5) is 0 Å². The van der Waals surface area contributed by atoms with E-state index in [9.17, 15) is 4.12 Å². The predicted molar refractivity (Wildman–Crippen MR) is 586 cm³/mol. The molecule has 0 bridgehead atoms. The van der Waals surface area contributed by atoms with Gasteiger partial charge in [-0.3, -0.25) is 0 Å². The maximum absolute atomic E-state index is 9.67. The Hall–Kier alpha value is -5.13. The molecule has 4 aromatic carbocycles. The van der Waals surface area contributed by atoms with Gasteiger partial charge in [-0.1, -0.05) is 237 Å². The Morgan fingerprint density at radius 2 is 0.237 bits per heavy atom. The fourth-order valence-corrected chi connectivity index (χ4v) is 25.5. The van der Waals surface area contributed by atoms with E-state index in [4.69, 9.17) is 56.8 Å². The van der Waals surface area contributed by atoms with Gasteiger partial charge in [0.25, 0.3) is 0 Å². The van der Waals surface area contributed by atoms with E-state index in [1.807, 2.05) is 0 Å². The summed E-state index contributed by atoms with van der Waals surface area (Å²) in [7, 11) is -7.60. The van der Waals surface area contributed by atoms with E-state index in [0.29, 0.717) is 69.0 Å². The summed E-state index contributed by atoms with van der Waals surface area (Å²) in [6, 6.07) is 18.2. The van der Waals surface area contributed by atoms with Crippen LogP contribution in [0, 0.1) is 0 Å². The van der Waals surface area contributed by atoms with Gasteiger partial charge in [-0.25, -0.2) is 0 Å². The molecule has 13 nitrogen and oxygen atoms in total. The Balaban J connectivity index is 2.98. The number of rotatable bonds is 78. The van der Waals surface area contributed by atoms with Crippen LogP contribution in [0.15, 0.2) is 48.5 Å². The van der Waals surface area contributed by atoms with Crippen molar-refractivity contribution in [1.29, 1.82) is 0 Å². The molecule has 0 amide bonds. The lowest BCUT2D eigenvalue weighted by Gasteiger charge is -2.38. The van der Waals surface area contributed by atoms with Crippen LogP contribution in [0.25, 0.3) is 0 Å². The molecular weight excluding hydrogens is 1710 g/mol. The molecule has 0 aromatic heterocycles. The molecule has 0 aliphatic carbocycles. The molecule has 0 unspecified atom stereocenters. The highest BCUT2D eigenvalue weighted by molar-refractivity contribution is 6.93. The van der Waals surface area contributed by atoms with Crippen molar-refractivity contribution < 1.29 is 61.0 Å². The number of hydrogen-bond acceptors (Lipinski definition) is 13. The lowest BCUT2D eigenvalue weighted by atomic mass is 9.99. The molecule has 0 saturated heterocycles. The molecule has 0 saturated carbocycles. The molecule has 0 heterocycles. The van der Waals surface area contributed by atoms with E-state index in [2.05, 4.69) is 298 Å². The van der Waals surface area contributed by atoms with Crippen LogP contribution in [0.2, 0.25) is 0 Å². The highest BCUT2D eigenvalue weighted by Gasteiger charge is 2.44. The van der Waals surface area contributed by atoms with Crippen molar-refractivity contribution in [3.63, 3.8) is 0 Å².